The van der Waals surface area contributed by atoms with Crippen molar-refractivity contribution in [2.45, 2.75) is 59.8 Å². The summed E-state index contributed by atoms with van der Waals surface area (Å²) in [5.74, 6) is 0. The fourth-order valence-electron chi connectivity index (χ4n) is 5.14. The molecule has 4 rings (SSSR count). The summed E-state index contributed by atoms with van der Waals surface area (Å²) in [5.41, 5.74) is 9.16. The molecule has 0 aliphatic heterocycles. The van der Waals surface area contributed by atoms with Crippen LogP contribution >= 0.6 is 0 Å². The number of allylic oxidation sites excluding steroid dienone is 8. The molecule has 0 bridgehead atoms. The van der Waals surface area contributed by atoms with Gasteiger partial charge in [0.15, 0.2) is 0 Å². The molecule has 0 heteroatoms. The van der Waals surface area contributed by atoms with Crippen LogP contribution < -0.4 is 10.4 Å². The van der Waals surface area contributed by atoms with Crippen LogP contribution in [0.3, 0.4) is 0 Å². The molecule has 0 radical (unpaired) electrons. The lowest BCUT2D eigenvalue weighted by molar-refractivity contribution is 0.458. The summed E-state index contributed by atoms with van der Waals surface area (Å²) in [6.07, 6.45) is 17.8. The average molecular weight is 343 g/mol. The zero-order chi connectivity index (χ0) is 18.3. The topological polar surface area (TPSA) is 0 Å². The van der Waals surface area contributed by atoms with Gasteiger partial charge in [-0.1, -0.05) is 81.7 Å². The van der Waals surface area contributed by atoms with E-state index in [0.717, 1.165) is 6.42 Å². The molecule has 0 spiro atoms. The standard InChI is InChI=1S/C26H30/c1-5-9-20-17-26(4,14-6-2)25(19-10-7-8-11-19)23-16-21-15-18(3)12-13-22(21)24(20)23/h7-8,10,12-13,15-17H,5-6,9,11,14H2,1-4H3. The smallest absolute Gasteiger partial charge is 0.0118 e. The maximum atomic E-state index is 2.62. The molecule has 1 aromatic carbocycles. The van der Waals surface area contributed by atoms with Crippen molar-refractivity contribution in [1.82, 2.24) is 0 Å². The van der Waals surface area contributed by atoms with Crippen molar-refractivity contribution in [1.29, 1.82) is 0 Å². The minimum atomic E-state index is 0.142. The van der Waals surface area contributed by atoms with Gasteiger partial charge in [-0.3, -0.25) is 0 Å². The van der Waals surface area contributed by atoms with Crippen molar-refractivity contribution in [2.24, 2.45) is 5.41 Å². The molecule has 0 aromatic heterocycles. The Bertz CT molecular complexity index is 991. The molecule has 0 N–H and O–H groups in total. The predicted octanol–water partition coefficient (Wildman–Crippen LogP) is 5.67. The third kappa shape index (κ3) is 2.67. The molecule has 134 valence electrons. The number of fused-ring (bicyclic) bond motifs is 2. The van der Waals surface area contributed by atoms with E-state index in [1.54, 1.807) is 11.1 Å². The maximum absolute atomic E-state index is 2.62. The van der Waals surface area contributed by atoms with Crippen LogP contribution in [0.1, 0.15) is 58.4 Å². The molecule has 1 aromatic rings. The summed E-state index contributed by atoms with van der Waals surface area (Å²) >= 11 is 0. The second kappa shape index (κ2) is 6.58. The van der Waals surface area contributed by atoms with Crippen molar-refractivity contribution in [3.8, 4) is 0 Å². The summed E-state index contributed by atoms with van der Waals surface area (Å²) in [4.78, 5) is 0. The first kappa shape index (κ1) is 17.3. The van der Waals surface area contributed by atoms with Crippen LogP contribution in [0.5, 0.6) is 0 Å². The molecule has 0 fully saturated rings. The number of hydrogen-bond acceptors (Lipinski definition) is 0. The van der Waals surface area contributed by atoms with Gasteiger partial charge in [0.2, 0.25) is 0 Å². The molecule has 26 heavy (non-hydrogen) atoms. The Kier molecular flexibility index (Phi) is 4.39. The quantitative estimate of drug-likeness (QED) is 0.647. The molecule has 0 saturated carbocycles. The first-order valence-electron chi connectivity index (χ1n) is 10.2. The lowest BCUT2D eigenvalue weighted by Gasteiger charge is -2.37. The van der Waals surface area contributed by atoms with Crippen molar-refractivity contribution in [3.63, 3.8) is 0 Å². The number of benzene rings is 1. The van der Waals surface area contributed by atoms with Gasteiger partial charge < -0.3 is 0 Å². The SMILES string of the molecule is CCCC1=CC(C)(CCC)C(C2=CC=CC2)=C2C=c3cc(C)ccc3=C12. The van der Waals surface area contributed by atoms with Crippen LogP contribution in [0, 0.1) is 12.3 Å². The highest BCUT2D eigenvalue weighted by molar-refractivity contribution is 5.94. The molecular weight excluding hydrogens is 312 g/mol. The minimum Gasteiger partial charge on any atom is -0.0801 e. The zero-order valence-corrected chi connectivity index (χ0v) is 16.7. The summed E-state index contributed by atoms with van der Waals surface area (Å²) < 4.78 is 0. The molecule has 0 saturated heterocycles. The van der Waals surface area contributed by atoms with E-state index in [1.807, 2.05) is 0 Å². The zero-order valence-electron chi connectivity index (χ0n) is 16.7. The fraction of sp³-hybridized carbons (Fsp3) is 0.385. The van der Waals surface area contributed by atoms with E-state index in [0.29, 0.717) is 0 Å². The van der Waals surface area contributed by atoms with E-state index < -0.39 is 0 Å². The Morgan fingerprint density at radius 2 is 1.96 bits per heavy atom. The molecule has 0 nitrogen and oxygen atoms in total. The van der Waals surface area contributed by atoms with Crippen molar-refractivity contribution in [2.75, 3.05) is 0 Å². The van der Waals surface area contributed by atoms with Crippen molar-refractivity contribution >= 4 is 11.6 Å². The van der Waals surface area contributed by atoms with Gasteiger partial charge in [-0.2, -0.15) is 0 Å². The Morgan fingerprint density at radius 1 is 1.12 bits per heavy atom. The van der Waals surface area contributed by atoms with Crippen LogP contribution in [0.2, 0.25) is 0 Å². The highest BCUT2D eigenvalue weighted by Crippen LogP contribution is 2.50. The van der Waals surface area contributed by atoms with Gasteiger partial charge in [0.25, 0.3) is 0 Å². The third-order valence-corrected chi connectivity index (χ3v) is 6.08. The first-order chi connectivity index (χ1) is 12.6. The fourth-order valence-corrected chi connectivity index (χ4v) is 5.14. The lowest BCUT2D eigenvalue weighted by Crippen LogP contribution is -2.27. The molecule has 3 aliphatic carbocycles. The molecular formula is C26H30. The number of hydrogen-bond donors (Lipinski definition) is 0. The Morgan fingerprint density at radius 3 is 2.65 bits per heavy atom. The van der Waals surface area contributed by atoms with E-state index in [9.17, 15) is 0 Å². The van der Waals surface area contributed by atoms with Crippen molar-refractivity contribution < 1.29 is 0 Å². The van der Waals surface area contributed by atoms with Gasteiger partial charge >= 0.3 is 0 Å². The second-order valence-electron chi connectivity index (χ2n) is 8.31. The highest BCUT2D eigenvalue weighted by atomic mass is 14.4. The molecule has 3 aliphatic rings. The van der Waals surface area contributed by atoms with E-state index in [2.05, 4.69) is 76.3 Å². The average Bonchev–Trinajstić information content (AvgIpc) is 3.22. The first-order valence-corrected chi connectivity index (χ1v) is 10.2. The summed E-state index contributed by atoms with van der Waals surface area (Å²) in [7, 11) is 0. The highest BCUT2D eigenvalue weighted by Gasteiger charge is 2.37. The Hall–Kier alpha value is -2.08. The second-order valence-corrected chi connectivity index (χ2v) is 8.31. The van der Waals surface area contributed by atoms with E-state index in [1.165, 1.54) is 58.4 Å². The maximum Gasteiger partial charge on any atom is 0.0118 e. The van der Waals surface area contributed by atoms with E-state index in [-0.39, 0.29) is 5.41 Å². The van der Waals surface area contributed by atoms with Gasteiger partial charge in [-0.25, -0.2) is 0 Å². The van der Waals surface area contributed by atoms with E-state index in [4.69, 9.17) is 0 Å². The lowest BCUT2D eigenvalue weighted by atomic mass is 9.66. The predicted molar refractivity (Wildman–Crippen MR) is 113 cm³/mol. The Balaban J connectivity index is 2.04. The largest absolute Gasteiger partial charge is 0.0801 e. The summed E-state index contributed by atoms with van der Waals surface area (Å²) in [5, 5.41) is 2.84. The normalized spacial score (nSPS) is 23.6. The van der Waals surface area contributed by atoms with Crippen LogP contribution in [-0.4, -0.2) is 0 Å². The molecule has 1 atom stereocenters. The minimum absolute atomic E-state index is 0.142. The van der Waals surface area contributed by atoms with Gasteiger partial charge in [0.1, 0.15) is 0 Å². The summed E-state index contributed by atoms with van der Waals surface area (Å²) in [6.45, 7) is 9.28. The molecule has 0 amide bonds. The van der Waals surface area contributed by atoms with Crippen LogP contribution in [0.25, 0.3) is 11.6 Å². The van der Waals surface area contributed by atoms with Crippen molar-refractivity contribution in [3.05, 3.63) is 80.8 Å². The van der Waals surface area contributed by atoms with Gasteiger partial charge in [0.05, 0.1) is 0 Å². The van der Waals surface area contributed by atoms with Gasteiger partial charge in [-0.15, -0.1) is 0 Å². The Labute approximate surface area is 158 Å². The molecule has 1 unspecified atom stereocenters. The summed E-state index contributed by atoms with van der Waals surface area (Å²) in [6, 6.07) is 6.96. The van der Waals surface area contributed by atoms with Crippen LogP contribution in [-0.2, 0) is 0 Å². The van der Waals surface area contributed by atoms with E-state index >= 15 is 0 Å². The van der Waals surface area contributed by atoms with Gasteiger partial charge in [0, 0.05) is 5.41 Å². The number of rotatable bonds is 5. The monoisotopic (exact) mass is 342 g/mol. The van der Waals surface area contributed by atoms with Crippen LogP contribution in [0.4, 0.5) is 0 Å². The molecule has 0 heterocycles. The third-order valence-electron chi connectivity index (χ3n) is 6.08. The number of aryl methyl sites for hydroxylation is 1. The van der Waals surface area contributed by atoms with Gasteiger partial charge in [-0.05, 0) is 70.6 Å². The van der Waals surface area contributed by atoms with Crippen LogP contribution in [0.15, 0.2) is 64.8 Å².